The number of carbonyl (C=O) groups is 1. The Morgan fingerprint density at radius 2 is 1.44 bits per heavy atom. The lowest BCUT2D eigenvalue weighted by Gasteiger charge is -2.06. The van der Waals surface area contributed by atoms with E-state index < -0.39 is 0 Å². The standard InChI is InChI=1S/C23H16ClNO2/c24-18-11-13-19(14-12-18)25-23-20(22(26)17-9-5-2-6-10-17)15-21(27-23)16-7-3-1-4-8-16/h1-15,25H. The summed E-state index contributed by atoms with van der Waals surface area (Å²) in [6, 6.07) is 27.9. The van der Waals surface area contributed by atoms with Crippen LogP contribution in [0.4, 0.5) is 11.6 Å². The van der Waals surface area contributed by atoms with Gasteiger partial charge >= 0.3 is 0 Å². The molecule has 0 saturated heterocycles. The van der Waals surface area contributed by atoms with Gasteiger partial charge in [0.25, 0.3) is 0 Å². The van der Waals surface area contributed by atoms with E-state index in [9.17, 15) is 4.79 Å². The van der Waals surface area contributed by atoms with Crippen LogP contribution < -0.4 is 5.32 Å². The molecule has 4 heteroatoms. The van der Waals surface area contributed by atoms with Gasteiger partial charge in [0.2, 0.25) is 5.88 Å². The van der Waals surface area contributed by atoms with Crippen LogP contribution in [-0.4, -0.2) is 5.78 Å². The Kier molecular flexibility index (Phi) is 4.77. The molecule has 132 valence electrons. The number of nitrogens with one attached hydrogen (secondary N) is 1. The van der Waals surface area contributed by atoms with Gasteiger partial charge in [-0.2, -0.15) is 0 Å². The van der Waals surface area contributed by atoms with Gasteiger partial charge in [0.05, 0.1) is 5.56 Å². The molecule has 27 heavy (non-hydrogen) atoms. The van der Waals surface area contributed by atoms with Crippen molar-refractivity contribution in [2.24, 2.45) is 0 Å². The van der Waals surface area contributed by atoms with E-state index >= 15 is 0 Å². The Hall–Kier alpha value is -3.30. The van der Waals surface area contributed by atoms with Crippen LogP contribution >= 0.6 is 11.6 Å². The van der Waals surface area contributed by atoms with Gasteiger partial charge in [-0.05, 0) is 30.3 Å². The third-order valence-electron chi connectivity index (χ3n) is 4.17. The molecule has 0 saturated carbocycles. The van der Waals surface area contributed by atoms with E-state index in [0.717, 1.165) is 11.3 Å². The fraction of sp³-hybridized carbons (Fsp3) is 0. The number of ketones is 1. The number of rotatable bonds is 5. The van der Waals surface area contributed by atoms with Gasteiger partial charge in [-0.25, -0.2) is 0 Å². The van der Waals surface area contributed by atoms with E-state index in [4.69, 9.17) is 16.0 Å². The van der Waals surface area contributed by atoms with Crippen LogP contribution in [0.15, 0.2) is 95.4 Å². The third kappa shape index (κ3) is 3.78. The second-order valence-electron chi connectivity index (χ2n) is 6.05. The number of furan rings is 1. The Morgan fingerprint density at radius 3 is 2.11 bits per heavy atom. The van der Waals surface area contributed by atoms with Crippen LogP contribution in [0.3, 0.4) is 0 Å². The lowest BCUT2D eigenvalue weighted by molar-refractivity contribution is 0.103. The quantitative estimate of drug-likeness (QED) is 0.402. The highest BCUT2D eigenvalue weighted by molar-refractivity contribution is 6.30. The van der Waals surface area contributed by atoms with Crippen molar-refractivity contribution in [2.75, 3.05) is 5.32 Å². The first-order valence-corrected chi connectivity index (χ1v) is 8.90. The molecule has 0 fully saturated rings. The highest BCUT2D eigenvalue weighted by Crippen LogP contribution is 2.33. The van der Waals surface area contributed by atoms with Gasteiger partial charge in [-0.15, -0.1) is 0 Å². The van der Waals surface area contributed by atoms with Gasteiger partial charge in [0.1, 0.15) is 5.76 Å². The lowest BCUT2D eigenvalue weighted by atomic mass is 10.0. The first-order valence-electron chi connectivity index (χ1n) is 8.52. The molecule has 4 rings (SSSR count). The molecule has 0 unspecified atom stereocenters. The summed E-state index contributed by atoms with van der Waals surface area (Å²) < 4.78 is 6.01. The Morgan fingerprint density at radius 1 is 0.815 bits per heavy atom. The molecule has 0 aliphatic heterocycles. The third-order valence-corrected chi connectivity index (χ3v) is 4.43. The summed E-state index contributed by atoms with van der Waals surface area (Å²) >= 11 is 5.96. The van der Waals surface area contributed by atoms with E-state index in [-0.39, 0.29) is 5.78 Å². The second kappa shape index (κ2) is 7.52. The highest BCUT2D eigenvalue weighted by atomic mass is 35.5. The maximum absolute atomic E-state index is 13.0. The summed E-state index contributed by atoms with van der Waals surface area (Å²) in [6.45, 7) is 0. The number of hydrogen-bond donors (Lipinski definition) is 1. The molecule has 3 nitrogen and oxygen atoms in total. The molecular weight excluding hydrogens is 358 g/mol. The monoisotopic (exact) mass is 373 g/mol. The lowest BCUT2D eigenvalue weighted by Crippen LogP contribution is -2.03. The van der Waals surface area contributed by atoms with E-state index in [1.165, 1.54) is 0 Å². The molecule has 1 aromatic heterocycles. The van der Waals surface area contributed by atoms with Crippen LogP contribution in [-0.2, 0) is 0 Å². The Bertz CT molecular complexity index is 1050. The van der Waals surface area contributed by atoms with Crippen molar-refractivity contribution in [3.63, 3.8) is 0 Å². The molecule has 0 radical (unpaired) electrons. The fourth-order valence-corrected chi connectivity index (χ4v) is 2.93. The minimum absolute atomic E-state index is 0.0991. The normalized spacial score (nSPS) is 10.6. The predicted molar refractivity (Wildman–Crippen MR) is 109 cm³/mol. The van der Waals surface area contributed by atoms with Crippen molar-refractivity contribution in [1.29, 1.82) is 0 Å². The Labute approximate surface area is 162 Å². The second-order valence-corrected chi connectivity index (χ2v) is 6.48. The van der Waals surface area contributed by atoms with Gasteiger partial charge in [-0.1, -0.05) is 72.3 Å². The number of halogens is 1. The Balaban J connectivity index is 1.76. The van der Waals surface area contributed by atoms with E-state index in [2.05, 4.69) is 5.32 Å². The summed E-state index contributed by atoms with van der Waals surface area (Å²) in [6.07, 6.45) is 0. The molecule has 3 aromatic carbocycles. The largest absolute Gasteiger partial charge is 0.440 e. The number of benzene rings is 3. The molecule has 0 amide bonds. The zero-order valence-corrected chi connectivity index (χ0v) is 15.1. The highest BCUT2D eigenvalue weighted by Gasteiger charge is 2.20. The summed E-state index contributed by atoms with van der Waals surface area (Å²) in [5.41, 5.74) is 2.78. The molecule has 0 bridgehead atoms. The van der Waals surface area contributed by atoms with Crippen LogP contribution in [0.5, 0.6) is 0 Å². The summed E-state index contributed by atoms with van der Waals surface area (Å²) in [7, 11) is 0. The zero-order chi connectivity index (χ0) is 18.6. The van der Waals surface area contributed by atoms with Crippen LogP contribution in [0.2, 0.25) is 5.02 Å². The molecule has 0 spiro atoms. The van der Waals surface area contributed by atoms with Crippen LogP contribution in [0.1, 0.15) is 15.9 Å². The molecule has 1 N–H and O–H groups in total. The zero-order valence-electron chi connectivity index (χ0n) is 14.4. The first kappa shape index (κ1) is 17.1. The molecule has 1 heterocycles. The van der Waals surface area contributed by atoms with Gasteiger partial charge in [0, 0.05) is 21.8 Å². The summed E-state index contributed by atoms with van der Waals surface area (Å²) in [5, 5.41) is 3.84. The SMILES string of the molecule is O=C(c1ccccc1)c1cc(-c2ccccc2)oc1Nc1ccc(Cl)cc1. The van der Waals surface area contributed by atoms with Crippen molar-refractivity contribution in [3.05, 3.63) is 107 Å². The van der Waals surface area contributed by atoms with Crippen molar-refractivity contribution >= 4 is 29.0 Å². The number of hydrogen-bond acceptors (Lipinski definition) is 3. The minimum Gasteiger partial charge on any atom is -0.440 e. The summed E-state index contributed by atoms with van der Waals surface area (Å²) in [5.74, 6) is 0.939. The predicted octanol–water partition coefficient (Wildman–Crippen LogP) is 6.57. The molecule has 4 aromatic rings. The average molecular weight is 374 g/mol. The van der Waals surface area contributed by atoms with E-state index in [1.54, 1.807) is 30.3 Å². The fourth-order valence-electron chi connectivity index (χ4n) is 2.81. The van der Waals surface area contributed by atoms with Crippen LogP contribution in [0, 0.1) is 0 Å². The van der Waals surface area contributed by atoms with Crippen LogP contribution in [0.25, 0.3) is 11.3 Å². The average Bonchev–Trinajstić information content (AvgIpc) is 3.14. The number of anilines is 2. The summed E-state index contributed by atoms with van der Waals surface area (Å²) in [4.78, 5) is 13.0. The smallest absolute Gasteiger partial charge is 0.209 e. The van der Waals surface area contributed by atoms with Crippen molar-refractivity contribution < 1.29 is 9.21 Å². The van der Waals surface area contributed by atoms with Gasteiger partial charge in [-0.3, -0.25) is 4.79 Å². The molecular formula is C23H16ClNO2. The topological polar surface area (TPSA) is 42.2 Å². The molecule has 0 aliphatic carbocycles. The first-order chi connectivity index (χ1) is 13.2. The van der Waals surface area contributed by atoms with Crippen molar-refractivity contribution in [1.82, 2.24) is 0 Å². The molecule has 0 aliphatic rings. The molecule has 0 atom stereocenters. The van der Waals surface area contributed by atoms with E-state index in [1.807, 2.05) is 60.7 Å². The maximum atomic E-state index is 13.0. The van der Waals surface area contributed by atoms with Gasteiger partial charge < -0.3 is 9.73 Å². The van der Waals surface area contributed by atoms with E-state index in [0.29, 0.717) is 27.8 Å². The number of carbonyl (C=O) groups excluding carboxylic acids is 1. The van der Waals surface area contributed by atoms with Crippen molar-refractivity contribution in [2.45, 2.75) is 0 Å². The minimum atomic E-state index is -0.0991. The van der Waals surface area contributed by atoms with Gasteiger partial charge in [0.15, 0.2) is 5.78 Å². The maximum Gasteiger partial charge on any atom is 0.209 e. The van der Waals surface area contributed by atoms with Crippen molar-refractivity contribution in [3.8, 4) is 11.3 Å².